The van der Waals surface area contributed by atoms with Crippen molar-refractivity contribution in [3.8, 4) is 0 Å². The Balaban J connectivity index is 3.23. The number of nitrogens with zero attached hydrogens (tertiary/aromatic N) is 1. The van der Waals surface area contributed by atoms with Crippen molar-refractivity contribution in [2.24, 2.45) is 0 Å². The van der Waals surface area contributed by atoms with Crippen LogP contribution >= 0.6 is 10.7 Å². The van der Waals surface area contributed by atoms with Crippen LogP contribution in [0.3, 0.4) is 0 Å². The lowest BCUT2D eigenvalue weighted by Gasteiger charge is -2.17. The van der Waals surface area contributed by atoms with Gasteiger partial charge in [0.05, 0.1) is 5.69 Å². The number of halogens is 1. The molecule has 0 aromatic heterocycles. The van der Waals surface area contributed by atoms with E-state index in [-0.39, 0.29) is 22.4 Å². The number of hydrogen-bond donors (Lipinski definition) is 1. The number of carbonyl (C=O) groups excluding carboxylic acids is 1. The monoisotopic (exact) mass is 318 g/mol. The Morgan fingerprint density at radius 2 is 2.00 bits per heavy atom. The van der Waals surface area contributed by atoms with Crippen LogP contribution in [0.15, 0.2) is 23.1 Å². The molecule has 1 amide bonds. The molecule has 0 saturated carbocycles. The Morgan fingerprint density at radius 3 is 2.45 bits per heavy atom. The van der Waals surface area contributed by atoms with E-state index in [0.29, 0.717) is 5.69 Å². The molecular formula is C13H19ClN2O3S. The predicted molar refractivity (Wildman–Crippen MR) is 81.0 cm³/mol. The van der Waals surface area contributed by atoms with Crippen LogP contribution in [0.25, 0.3) is 0 Å². The maximum absolute atomic E-state index is 12.0. The Labute approximate surface area is 124 Å². The van der Waals surface area contributed by atoms with Crippen LogP contribution in [0.1, 0.15) is 30.6 Å². The first-order chi connectivity index (χ1) is 9.16. The highest BCUT2D eigenvalue weighted by Gasteiger charge is 2.20. The lowest BCUT2D eigenvalue weighted by Crippen LogP contribution is -2.32. The van der Waals surface area contributed by atoms with Crippen molar-refractivity contribution in [2.75, 3.05) is 19.0 Å². The number of hydrogen-bond acceptors (Lipinski definition) is 4. The van der Waals surface area contributed by atoms with Gasteiger partial charge in [0.15, 0.2) is 0 Å². The number of benzene rings is 1. The van der Waals surface area contributed by atoms with Crippen LogP contribution in [0, 0.1) is 0 Å². The van der Waals surface area contributed by atoms with Crippen LogP contribution in [-0.2, 0) is 9.05 Å². The molecule has 0 aliphatic rings. The summed E-state index contributed by atoms with van der Waals surface area (Å²) in [7, 11) is 4.93. The zero-order valence-corrected chi connectivity index (χ0v) is 13.5. The molecule has 7 heteroatoms. The molecule has 0 heterocycles. The molecule has 1 unspecified atom stereocenters. The summed E-state index contributed by atoms with van der Waals surface area (Å²) in [5.41, 5.74) is 0.718. The Hall–Kier alpha value is -1.27. The highest BCUT2D eigenvalue weighted by molar-refractivity contribution is 8.13. The van der Waals surface area contributed by atoms with E-state index in [1.54, 1.807) is 31.1 Å². The first kappa shape index (κ1) is 16.8. The van der Waals surface area contributed by atoms with E-state index in [0.717, 1.165) is 6.42 Å². The van der Waals surface area contributed by atoms with Gasteiger partial charge in [-0.3, -0.25) is 4.79 Å². The third-order valence-electron chi connectivity index (χ3n) is 2.96. The molecule has 1 rings (SSSR count). The maximum Gasteiger partial charge on any atom is 0.263 e. The van der Waals surface area contributed by atoms with E-state index in [4.69, 9.17) is 10.7 Å². The molecule has 1 atom stereocenters. The van der Waals surface area contributed by atoms with E-state index in [9.17, 15) is 13.2 Å². The van der Waals surface area contributed by atoms with Gasteiger partial charge in [0.25, 0.3) is 15.0 Å². The third kappa shape index (κ3) is 4.11. The molecular weight excluding hydrogens is 300 g/mol. The van der Waals surface area contributed by atoms with Crippen molar-refractivity contribution in [3.63, 3.8) is 0 Å². The number of carbonyl (C=O) groups is 1. The lowest BCUT2D eigenvalue weighted by atomic mass is 10.1. The number of anilines is 1. The third-order valence-corrected chi connectivity index (χ3v) is 4.31. The molecule has 0 aliphatic heterocycles. The molecule has 0 bridgehead atoms. The fourth-order valence-electron chi connectivity index (χ4n) is 1.63. The minimum Gasteiger partial charge on any atom is -0.377 e. The van der Waals surface area contributed by atoms with E-state index in [1.165, 1.54) is 6.07 Å². The smallest absolute Gasteiger partial charge is 0.263 e. The Bertz CT molecular complexity index is 600. The molecule has 0 saturated heterocycles. The van der Waals surface area contributed by atoms with Gasteiger partial charge in [0.1, 0.15) is 4.90 Å². The van der Waals surface area contributed by atoms with Crippen LogP contribution in [0.5, 0.6) is 0 Å². The van der Waals surface area contributed by atoms with E-state index in [2.05, 4.69) is 5.32 Å². The minimum atomic E-state index is -3.92. The molecule has 0 aliphatic carbocycles. The molecule has 1 aromatic rings. The van der Waals surface area contributed by atoms with Gasteiger partial charge >= 0.3 is 0 Å². The van der Waals surface area contributed by atoms with Gasteiger partial charge in [0.2, 0.25) is 0 Å². The normalized spacial score (nSPS) is 12.8. The zero-order valence-electron chi connectivity index (χ0n) is 12.0. The van der Waals surface area contributed by atoms with Crippen LogP contribution in [0.2, 0.25) is 0 Å². The standard InChI is InChI=1S/C13H19ClN2O3S/c1-5-9(2)15-13(17)10-6-7-11(16(3)4)12(8-10)20(14,18)19/h6-9H,5H2,1-4H3,(H,15,17). The predicted octanol–water partition coefficient (Wildman–Crippen LogP) is 2.21. The zero-order chi connectivity index (χ0) is 15.5. The second-order valence-electron chi connectivity index (χ2n) is 4.80. The summed E-state index contributed by atoms with van der Waals surface area (Å²) in [6, 6.07) is 4.47. The molecule has 0 radical (unpaired) electrons. The van der Waals surface area contributed by atoms with Crippen LogP contribution < -0.4 is 10.2 Å². The van der Waals surface area contributed by atoms with E-state index in [1.807, 2.05) is 13.8 Å². The van der Waals surface area contributed by atoms with Crippen molar-refractivity contribution in [3.05, 3.63) is 23.8 Å². The average Bonchev–Trinajstić information content (AvgIpc) is 2.36. The number of amides is 1. The van der Waals surface area contributed by atoms with Gasteiger partial charge in [-0.15, -0.1) is 0 Å². The molecule has 0 fully saturated rings. The average molecular weight is 319 g/mol. The Morgan fingerprint density at radius 1 is 1.40 bits per heavy atom. The first-order valence-electron chi connectivity index (χ1n) is 6.23. The largest absolute Gasteiger partial charge is 0.377 e. The highest BCUT2D eigenvalue weighted by Crippen LogP contribution is 2.28. The van der Waals surface area contributed by atoms with Gasteiger partial charge in [-0.25, -0.2) is 8.42 Å². The minimum absolute atomic E-state index is 0.0204. The molecule has 5 nitrogen and oxygen atoms in total. The first-order valence-corrected chi connectivity index (χ1v) is 8.54. The van der Waals surface area contributed by atoms with Crippen molar-refractivity contribution in [1.82, 2.24) is 5.32 Å². The van der Waals surface area contributed by atoms with E-state index < -0.39 is 9.05 Å². The second kappa shape index (κ2) is 6.45. The summed E-state index contributed by atoms with van der Waals surface area (Å²) in [4.78, 5) is 13.6. The molecule has 20 heavy (non-hydrogen) atoms. The lowest BCUT2D eigenvalue weighted by molar-refractivity contribution is 0.0939. The van der Waals surface area contributed by atoms with Crippen LogP contribution in [0.4, 0.5) is 5.69 Å². The summed E-state index contributed by atoms with van der Waals surface area (Å²) in [6.07, 6.45) is 0.794. The summed E-state index contributed by atoms with van der Waals surface area (Å²) >= 11 is 0. The topological polar surface area (TPSA) is 66.5 Å². The quantitative estimate of drug-likeness (QED) is 0.845. The summed E-state index contributed by atoms with van der Waals surface area (Å²) in [5.74, 6) is -0.314. The molecule has 1 aromatic carbocycles. The second-order valence-corrected chi connectivity index (χ2v) is 7.33. The number of rotatable bonds is 5. The highest BCUT2D eigenvalue weighted by atomic mass is 35.7. The maximum atomic E-state index is 12.0. The van der Waals surface area contributed by atoms with Crippen molar-refractivity contribution < 1.29 is 13.2 Å². The van der Waals surface area contributed by atoms with Crippen molar-refractivity contribution in [2.45, 2.75) is 31.2 Å². The molecule has 112 valence electrons. The molecule has 1 N–H and O–H groups in total. The number of nitrogens with one attached hydrogen (secondary N) is 1. The van der Waals surface area contributed by atoms with Gasteiger partial charge in [0, 0.05) is 36.4 Å². The van der Waals surface area contributed by atoms with Gasteiger partial charge in [-0.05, 0) is 31.5 Å². The Kier molecular flexibility index (Phi) is 5.42. The summed E-state index contributed by atoms with van der Waals surface area (Å²) in [6.45, 7) is 3.83. The SMILES string of the molecule is CCC(C)NC(=O)c1ccc(N(C)C)c(S(=O)(=O)Cl)c1. The van der Waals surface area contributed by atoms with E-state index >= 15 is 0 Å². The summed E-state index contributed by atoms with van der Waals surface area (Å²) in [5, 5.41) is 2.78. The van der Waals surface area contributed by atoms with Crippen molar-refractivity contribution in [1.29, 1.82) is 0 Å². The fraction of sp³-hybridized carbons (Fsp3) is 0.462. The van der Waals surface area contributed by atoms with Crippen LogP contribution in [-0.4, -0.2) is 34.5 Å². The summed E-state index contributed by atoms with van der Waals surface area (Å²) < 4.78 is 23.2. The fourth-order valence-corrected chi connectivity index (χ4v) is 2.77. The van der Waals surface area contributed by atoms with Gasteiger partial charge in [-0.1, -0.05) is 6.92 Å². The van der Waals surface area contributed by atoms with Crippen molar-refractivity contribution >= 4 is 31.3 Å². The van der Waals surface area contributed by atoms with Gasteiger partial charge < -0.3 is 10.2 Å². The van der Waals surface area contributed by atoms with Gasteiger partial charge in [-0.2, -0.15) is 0 Å². The molecule has 0 spiro atoms.